The number of hydroxylamine groups is 1. The van der Waals surface area contributed by atoms with Gasteiger partial charge in [-0.2, -0.15) is 0 Å². The molecule has 0 radical (unpaired) electrons. The SMILES string of the molecule is O=C(OC1NO1)c1ccccc1. The number of rotatable bonds is 2. The molecule has 4 nitrogen and oxygen atoms in total. The molecule has 1 N–H and O–H groups in total. The summed E-state index contributed by atoms with van der Waals surface area (Å²) in [5, 5.41) is 0. The maximum Gasteiger partial charge on any atom is 0.341 e. The lowest BCUT2D eigenvalue weighted by molar-refractivity contribution is 0.0297. The van der Waals surface area contributed by atoms with Crippen LogP contribution in [-0.4, -0.2) is 12.4 Å². The Kier molecular flexibility index (Phi) is 1.77. The van der Waals surface area contributed by atoms with E-state index in [1.807, 2.05) is 6.07 Å². The highest BCUT2D eigenvalue weighted by molar-refractivity contribution is 5.89. The molecule has 1 atom stereocenters. The Bertz CT molecular complexity index is 282. The predicted molar refractivity (Wildman–Crippen MR) is 39.9 cm³/mol. The summed E-state index contributed by atoms with van der Waals surface area (Å²) in [7, 11) is 0. The lowest BCUT2D eigenvalue weighted by Gasteiger charge is -1.97. The van der Waals surface area contributed by atoms with Gasteiger partial charge < -0.3 is 4.74 Å². The van der Waals surface area contributed by atoms with Crippen molar-refractivity contribution in [3.05, 3.63) is 35.9 Å². The molecule has 4 heteroatoms. The quantitative estimate of drug-likeness (QED) is 0.516. The minimum Gasteiger partial charge on any atom is -0.414 e. The van der Waals surface area contributed by atoms with E-state index in [-0.39, 0.29) is 5.97 Å². The molecule has 2 rings (SSSR count). The van der Waals surface area contributed by atoms with Gasteiger partial charge in [-0.1, -0.05) is 18.2 Å². The van der Waals surface area contributed by atoms with E-state index in [1.54, 1.807) is 24.3 Å². The lowest BCUT2D eigenvalue weighted by Crippen LogP contribution is -2.08. The molecule has 1 heterocycles. The van der Waals surface area contributed by atoms with Gasteiger partial charge >= 0.3 is 12.4 Å². The number of hydrogen-bond donors (Lipinski definition) is 1. The van der Waals surface area contributed by atoms with Crippen LogP contribution in [0.5, 0.6) is 0 Å². The van der Waals surface area contributed by atoms with E-state index < -0.39 is 6.41 Å². The molecule has 1 aliphatic heterocycles. The van der Waals surface area contributed by atoms with Crippen molar-refractivity contribution >= 4 is 5.97 Å². The molecule has 12 heavy (non-hydrogen) atoms. The molecule has 0 spiro atoms. The van der Waals surface area contributed by atoms with Crippen LogP contribution in [0, 0.1) is 0 Å². The van der Waals surface area contributed by atoms with Crippen molar-refractivity contribution in [1.29, 1.82) is 0 Å². The zero-order valence-electron chi connectivity index (χ0n) is 6.19. The Morgan fingerprint density at radius 3 is 2.67 bits per heavy atom. The van der Waals surface area contributed by atoms with Crippen molar-refractivity contribution in [2.75, 3.05) is 0 Å². The summed E-state index contributed by atoms with van der Waals surface area (Å²) in [6.07, 6.45) is -0.558. The van der Waals surface area contributed by atoms with Gasteiger partial charge in [-0.25, -0.2) is 9.63 Å². The van der Waals surface area contributed by atoms with Gasteiger partial charge in [-0.05, 0) is 12.1 Å². The summed E-state index contributed by atoms with van der Waals surface area (Å²) in [4.78, 5) is 15.7. The third-order valence-corrected chi connectivity index (χ3v) is 1.44. The number of hydrogen-bond acceptors (Lipinski definition) is 4. The van der Waals surface area contributed by atoms with Gasteiger partial charge in [-0.3, -0.25) is 0 Å². The third kappa shape index (κ3) is 1.61. The van der Waals surface area contributed by atoms with Gasteiger partial charge in [0.15, 0.2) is 0 Å². The number of carbonyl (C=O) groups is 1. The fourth-order valence-electron chi connectivity index (χ4n) is 0.815. The van der Waals surface area contributed by atoms with Crippen molar-refractivity contribution in [2.24, 2.45) is 0 Å². The van der Waals surface area contributed by atoms with E-state index in [0.29, 0.717) is 5.56 Å². The molecular weight excluding hydrogens is 158 g/mol. The summed E-state index contributed by atoms with van der Waals surface area (Å²) in [6, 6.07) is 8.76. The smallest absolute Gasteiger partial charge is 0.341 e. The Hall–Kier alpha value is -1.39. The second-order valence-electron chi connectivity index (χ2n) is 2.34. The highest BCUT2D eigenvalue weighted by Crippen LogP contribution is 2.07. The average Bonchev–Trinajstić information content (AvgIpc) is 2.90. The van der Waals surface area contributed by atoms with E-state index in [1.165, 1.54) is 0 Å². The van der Waals surface area contributed by atoms with Gasteiger partial charge in [0.1, 0.15) is 0 Å². The summed E-state index contributed by atoms with van der Waals surface area (Å²) in [5.41, 5.74) is 2.91. The largest absolute Gasteiger partial charge is 0.414 e. The second kappa shape index (κ2) is 2.92. The summed E-state index contributed by atoms with van der Waals surface area (Å²) in [5.74, 6) is -0.384. The molecule has 1 saturated heterocycles. The molecule has 0 saturated carbocycles. The van der Waals surface area contributed by atoms with Gasteiger partial charge in [-0.15, -0.1) is 5.48 Å². The maximum atomic E-state index is 11.2. The number of esters is 1. The van der Waals surface area contributed by atoms with Crippen molar-refractivity contribution in [2.45, 2.75) is 6.41 Å². The number of carbonyl (C=O) groups excluding carboxylic acids is 1. The van der Waals surface area contributed by atoms with Crippen LogP contribution >= 0.6 is 0 Å². The molecule has 0 aromatic heterocycles. The van der Waals surface area contributed by atoms with Crippen LogP contribution in [0.15, 0.2) is 30.3 Å². The van der Waals surface area contributed by atoms with Crippen LogP contribution in [0.3, 0.4) is 0 Å². The molecule has 0 bridgehead atoms. The lowest BCUT2D eigenvalue weighted by atomic mass is 10.2. The number of benzene rings is 1. The van der Waals surface area contributed by atoms with Crippen molar-refractivity contribution in [3.63, 3.8) is 0 Å². The first-order valence-electron chi connectivity index (χ1n) is 3.53. The first kappa shape index (κ1) is 7.27. The monoisotopic (exact) mass is 165 g/mol. The number of ether oxygens (including phenoxy) is 1. The maximum absolute atomic E-state index is 11.2. The van der Waals surface area contributed by atoms with E-state index in [2.05, 4.69) is 10.3 Å². The molecule has 1 unspecified atom stereocenters. The molecule has 62 valence electrons. The molecular formula is C8H7NO3. The first-order valence-corrected chi connectivity index (χ1v) is 3.53. The molecule has 0 amide bonds. The summed E-state index contributed by atoms with van der Waals surface area (Å²) in [6.45, 7) is 0. The standard InChI is InChI=1S/C8H7NO3/c10-7(11-8-9-12-8)6-4-2-1-3-5-6/h1-5,8-9H. The van der Waals surface area contributed by atoms with E-state index in [0.717, 1.165) is 0 Å². The molecule has 0 aliphatic carbocycles. The zero-order valence-corrected chi connectivity index (χ0v) is 6.19. The minimum atomic E-state index is -0.558. The highest BCUT2D eigenvalue weighted by Gasteiger charge is 2.27. The van der Waals surface area contributed by atoms with Gasteiger partial charge in [0.25, 0.3) is 0 Å². The van der Waals surface area contributed by atoms with Crippen molar-refractivity contribution in [3.8, 4) is 0 Å². The van der Waals surface area contributed by atoms with Crippen LogP contribution in [0.25, 0.3) is 0 Å². The normalized spacial score (nSPS) is 20.2. The van der Waals surface area contributed by atoms with Crippen LogP contribution < -0.4 is 5.48 Å². The highest BCUT2D eigenvalue weighted by atomic mass is 16.9. The van der Waals surface area contributed by atoms with Crippen LogP contribution in [0.1, 0.15) is 10.4 Å². The molecule has 1 aromatic carbocycles. The third-order valence-electron chi connectivity index (χ3n) is 1.44. The van der Waals surface area contributed by atoms with Crippen LogP contribution in [-0.2, 0) is 9.57 Å². The predicted octanol–water partition coefficient (Wildman–Crippen LogP) is 0.662. The van der Waals surface area contributed by atoms with E-state index >= 15 is 0 Å². The van der Waals surface area contributed by atoms with Gasteiger partial charge in [0, 0.05) is 0 Å². The van der Waals surface area contributed by atoms with E-state index in [9.17, 15) is 4.79 Å². The Balaban J connectivity index is 2.03. The fraction of sp³-hybridized carbons (Fsp3) is 0.125. The van der Waals surface area contributed by atoms with Crippen molar-refractivity contribution in [1.82, 2.24) is 5.48 Å². The number of nitrogens with one attached hydrogen (secondary N) is 1. The molecule has 1 fully saturated rings. The van der Waals surface area contributed by atoms with Crippen molar-refractivity contribution < 1.29 is 14.4 Å². The summed E-state index contributed by atoms with van der Waals surface area (Å²) >= 11 is 0. The van der Waals surface area contributed by atoms with Gasteiger partial charge in [0.2, 0.25) is 0 Å². The summed E-state index contributed by atoms with van der Waals surface area (Å²) < 4.78 is 4.78. The average molecular weight is 165 g/mol. The molecule has 1 aromatic rings. The van der Waals surface area contributed by atoms with E-state index in [4.69, 9.17) is 4.74 Å². The Morgan fingerprint density at radius 2 is 2.08 bits per heavy atom. The van der Waals surface area contributed by atoms with Gasteiger partial charge in [0.05, 0.1) is 5.56 Å². The fourth-order valence-corrected chi connectivity index (χ4v) is 0.815. The topological polar surface area (TPSA) is 60.8 Å². The minimum absolute atomic E-state index is 0.384. The Morgan fingerprint density at radius 1 is 1.42 bits per heavy atom. The second-order valence-corrected chi connectivity index (χ2v) is 2.34. The molecule has 1 aliphatic rings. The Labute approximate surface area is 69.0 Å². The van der Waals surface area contributed by atoms with Crippen LogP contribution in [0.2, 0.25) is 0 Å². The van der Waals surface area contributed by atoms with Crippen LogP contribution in [0.4, 0.5) is 0 Å². The zero-order chi connectivity index (χ0) is 8.39. The first-order chi connectivity index (χ1) is 5.86.